The Balaban J connectivity index is 2.34. The van der Waals surface area contributed by atoms with Crippen molar-refractivity contribution in [1.82, 2.24) is 0 Å². The van der Waals surface area contributed by atoms with Gasteiger partial charge in [0.2, 0.25) is 0 Å². The summed E-state index contributed by atoms with van der Waals surface area (Å²) in [6.45, 7) is 3.70. The molecule has 1 amide bonds. The van der Waals surface area contributed by atoms with Gasteiger partial charge >= 0.3 is 0 Å². The minimum Gasteiger partial charge on any atom is -0.319 e. The number of aryl methyl sites for hydroxylation is 2. The number of nitrogens with one attached hydrogen (secondary N) is 1. The molecule has 0 aromatic heterocycles. The maximum Gasteiger partial charge on any atom is 0.256 e. The average molecular weight is 369 g/mol. The van der Waals surface area contributed by atoms with Crippen LogP contribution in [0.4, 0.5) is 10.1 Å². The minimum absolute atomic E-state index is 0.241. The number of anilines is 1. The van der Waals surface area contributed by atoms with Crippen LogP contribution in [0.5, 0.6) is 0 Å². The van der Waals surface area contributed by atoms with Crippen LogP contribution in [-0.2, 0) is 0 Å². The third-order valence-corrected chi connectivity index (χ3v) is 4.33. The maximum absolute atomic E-state index is 13.7. The minimum atomic E-state index is -0.420. The summed E-state index contributed by atoms with van der Waals surface area (Å²) in [5.41, 5.74) is 2.53. The van der Waals surface area contributed by atoms with Crippen molar-refractivity contribution in [1.29, 1.82) is 0 Å². The molecular weight excluding hydrogens is 356 g/mol. The highest BCUT2D eigenvalue weighted by Gasteiger charge is 2.14. The number of rotatable bonds is 2. The second-order valence-corrected chi connectivity index (χ2v) is 5.40. The number of carbonyl (C=O) groups excluding carboxylic acids is 1. The van der Waals surface area contributed by atoms with Gasteiger partial charge in [0.05, 0.1) is 11.3 Å². The van der Waals surface area contributed by atoms with E-state index in [2.05, 4.69) is 27.9 Å². The normalized spacial score (nSPS) is 10.3. The molecule has 2 rings (SSSR count). The third kappa shape index (κ3) is 2.94. The van der Waals surface area contributed by atoms with E-state index in [4.69, 9.17) is 0 Å². The lowest BCUT2D eigenvalue weighted by atomic mass is 10.1. The topological polar surface area (TPSA) is 29.1 Å². The van der Waals surface area contributed by atoms with Crippen LogP contribution in [0.3, 0.4) is 0 Å². The number of halogens is 2. The zero-order valence-corrected chi connectivity index (χ0v) is 12.8. The van der Waals surface area contributed by atoms with Crippen molar-refractivity contribution in [3.05, 3.63) is 62.5 Å². The Bertz CT molecular complexity index is 620. The van der Waals surface area contributed by atoms with E-state index >= 15 is 0 Å². The number of hydrogen-bond acceptors (Lipinski definition) is 1. The van der Waals surface area contributed by atoms with E-state index in [-0.39, 0.29) is 11.6 Å². The van der Waals surface area contributed by atoms with Gasteiger partial charge < -0.3 is 5.32 Å². The second-order valence-electron chi connectivity index (χ2n) is 4.32. The largest absolute Gasteiger partial charge is 0.319 e. The molecule has 2 aromatic carbocycles. The van der Waals surface area contributed by atoms with Crippen LogP contribution in [0.15, 0.2) is 36.4 Å². The molecule has 98 valence electrons. The molecule has 2 aromatic rings. The highest BCUT2D eigenvalue weighted by molar-refractivity contribution is 14.1. The first-order valence-electron chi connectivity index (χ1n) is 5.82. The molecule has 0 atom stereocenters. The fourth-order valence-corrected chi connectivity index (χ4v) is 2.40. The molecule has 19 heavy (non-hydrogen) atoms. The highest BCUT2D eigenvalue weighted by atomic mass is 127. The van der Waals surface area contributed by atoms with E-state index < -0.39 is 5.82 Å². The predicted molar refractivity (Wildman–Crippen MR) is 83.0 cm³/mol. The van der Waals surface area contributed by atoms with Gasteiger partial charge in [-0.3, -0.25) is 4.79 Å². The molecule has 0 bridgehead atoms. The van der Waals surface area contributed by atoms with E-state index in [0.717, 1.165) is 9.13 Å². The number of carbonyl (C=O) groups is 1. The van der Waals surface area contributed by atoms with Crippen molar-refractivity contribution in [2.24, 2.45) is 0 Å². The SMILES string of the molecule is Cc1cccc(C(=O)Nc2c(C)cccc2F)c1I. The van der Waals surface area contributed by atoms with Crippen molar-refractivity contribution >= 4 is 34.2 Å². The molecular formula is C15H13FINO. The van der Waals surface area contributed by atoms with Gasteiger partial charge in [-0.1, -0.05) is 24.3 Å². The number of para-hydroxylation sites is 1. The first-order valence-corrected chi connectivity index (χ1v) is 6.90. The Morgan fingerprint density at radius 1 is 1.11 bits per heavy atom. The Morgan fingerprint density at radius 2 is 1.74 bits per heavy atom. The summed E-state index contributed by atoms with van der Waals surface area (Å²) in [6, 6.07) is 10.2. The third-order valence-electron chi connectivity index (χ3n) is 2.90. The van der Waals surface area contributed by atoms with E-state index in [0.29, 0.717) is 11.1 Å². The van der Waals surface area contributed by atoms with Gasteiger partial charge in [0, 0.05) is 3.57 Å². The lowest BCUT2D eigenvalue weighted by molar-refractivity contribution is 0.102. The summed E-state index contributed by atoms with van der Waals surface area (Å²) in [5, 5.41) is 2.64. The fraction of sp³-hybridized carbons (Fsp3) is 0.133. The number of amides is 1. The van der Waals surface area contributed by atoms with Crippen LogP contribution >= 0.6 is 22.6 Å². The molecule has 4 heteroatoms. The first kappa shape index (κ1) is 14.0. The molecule has 0 heterocycles. The first-order chi connectivity index (χ1) is 9.00. The Labute approximate surface area is 125 Å². The summed E-state index contributed by atoms with van der Waals surface area (Å²) in [6.07, 6.45) is 0. The summed E-state index contributed by atoms with van der Waals surface area (Å²) in [7, 11) is 0. The van der Waals surface area contributed by atoms with E-state index in [1.165, 1.54) is 6.07 Å². The van der Waals surface area contributed by atoms with Gasteiger partial charge in [-0.15, -0.1) is 0 Å². The van der Waals surface area contributed by atoms with E-state index in [1.807, 2.05) is 19.1 Å². The van der Waals surface area contributed by atoms with Crippen molar-refractivity contribution in [2.75, 3.05) is 5.32 Å². The van der Waals surface area contributed by atoms with Crippen molar-refractivity contribution in [3.63, 3.8) is 0 Å². The van der Waals surface area contributed by atoms with Gasteiger partial charge in [0.15, 0.2) is 0 Å². The Morgan fingerprint density at radius 3 is 2.42 bits per heavy atom. The predicted octanol–water partition coefficient (Wildman–Crippen LogP) is 4.30. The van der Waals surface area contributed by atoms with Crippen LogP contribution < -0.4 is 5.32 Å². The van der Waals surface area contributed by atoms with Crippen LogP contribution in [0.1, 0.15) is 21.5 Å². The summed E-state index contributed by atoms with van der Waals surface area (Å²) in [5.74, 6) is -0.711. The quantitative estimate of drug-likeness (QED) is 0.786. The van der Waals surface area contributed by atoms with Gasteiger partial charge in [-0.2, -0.15) is 0 Å². The van der Waals surface area contributed by atoms with Gasteiger partial charge in [-0.05, 0) is 59.7 Å². The summed E-state index contributed by atoms with van der Waals surface area (Å²) >= 11 is 2.13. The molecule has 0 aliphatic heterocycles. The standard InChI is InChI=1S/C15H13FINO/c1-9-5-3-7-11(13(9)17)15(19)18-14-10(2)6-4-8-12(14)16/h3-8H,1-2H3,(H,18,19). The molecule has 0 aliphatic carbocycles. The van der Waals surface area contributed by atoms with Crippen LogP contribution in [-0.4, -0.2) is 5.91 Å². The molecule has 0 unspecified atom stereocenters. The smallest absolute Gasteiger partial charge is 0.256 e. The average Bonchev–Trinajstić information content (AvgIpc) is 2.37. The maximum atomic E-state index is 13.7. The molecule has 0 spiro atoms. The lowest BCUT2D eigenvalue weighted by Crippen LogP contribution is -2.15. The van der Waals surface area contributed by atoms with Gasteiger partial charge in [0.25, 0.3) is 5.91 Å². The monoisotopic (exact) mass is 369 g/mol. The van der Waals surface area contributed by atoms with Crippen LogP contribution in [0.2, 0.25) is 0 Å². The van der Waals surface area contributed by atoms with Crippen molar-refractivity contribution < 1.29 is 9.18 Å². The lowest BCUT2D eigenvalue weighted by Gasteiger charge is -2.11. The van der Waals surface area contributed by atoms with E-state index in [9.17, 15) is 9.18 Å². The molecule has 0 fully saturated rings. The fourth-order valence-electron chi connectivity index (χ4n) is 1.79. The molecule has 2 nitrogen and oxygen atoms in total. The molecule has 1 N–H and O–H groups in total. The van der Waals surface area contributed by atoms with E-state index in [1.54, 1.807) is 25.1 Å². The summed E-state index contributed by atoms with van der Waals surface area (Å²) < 4.78 is 14.6. The zero-order valence-electron chi connectivity index (χ0n) is 10.6. The molecule has 0 radical (unpaired) electrons. The Kier molecular flexibility index (Phi) is 4.19. The second kappa shape index (κ2) is 5.69. The van der Waals surface area contributed by atoms with Crippen LogP contribution in [0, 0.1) is 23.2 Å². The summed E-state index contributed by atoms with van der Waals surface area (Å²) in [4.78, 5) is 12.2. The van der Waals surface area contributed by atoms with Gasteiger partial charge in [-0.25, -0.2) is 4.39 Å². The van der Waals surface area contributed by atoms with Gasteiger partial charge in [0.1, 0.15) is 5.82 Å². The number of benzene rings is 2. The van der Waals surface area contributed by atoms with Crippen molar-refractivity contribution in [3.8, 4) is 0 Å². The molecule has 0 saturated carbocycles. The highest BCUT2D eigenvalue weighted by Crippen LogP contribution is 2.22. The number of hydrogen-bond donors (Lipinski definition) is 1. The Hall–Kier alpha value is -1.43. The zero-order chi connectivity index (χ0) is 14.0. The van der Waals surface area contributed by atoms with Crippen LogP contribution in [0.25, 0.3) is 0 Å². The molecule has 0 aliphatic rings. The molecule has 0 saturated heterocycles. The van der Waals surface area contributed by atoms with Crippen molar-refractivity contribution in [2.45, 2.75) is 13.8 Å².